The van der Waals surface area contributed by atoms with Crippen LogP contribution in [0.25, 0.3) is 0 Å². The molecule has 0 aromatic heterocycles. The molecule has 0 rings (SSSR count). The van der Waals surface area contributed by atoms with Crippen LogP contribution >= 0.6 is 0 Å². The molecule has 0 bridgehead atoms. The van der Waals surface area contributed by atoms with Gasteiger partial charge in [-0.1, -0.05) is 26.0 Å². The molecule has 0 saturated carbocycles. The lowest BCUT2D eigenvalue weighted by Gasteiger charge is -2.31. The fourth-order valence-corrected chi connectivity index (χ4v) is 0.677. The Kier molecular flexibility index (Phi) is 3.76. The first-order valence-corrected chi connectivity index (χ1v) is 3.92. The van der Waals surface area contributed by atoms with Gasteiger partial charge in [0.05, 0.1) is 12.2 Å². The van der Waals surface area contributed by atoms with Crippen LogP contribution < -0.4 is 0 Å². The predicted molar refractivity (Wildman–Crippen MR) is 46.3 cm³/mol. The molecule has 0 aliphatic carbocycles. The topological polar surface area (TPSA) is 40.5 Å². The minimum absolute atomic E-state index is 0.466. The summed E-state index contributed by atoms with van der Waals surface area (Å²) in [6.07, 6.45) is 2.39. The summed E-state index contributed by atoms with van der Waals surface area (Å²) in [5.74, 6) is 0. The molecule has 66 valence electrons. The monoisotopic (exact) mass is 158 g/mol. The molecule has 0 saturated heterocycles. The Morgan fingerprint density at radius 2 is 1.73 bits per heavy atom. The van der Waals surface area contributed by atoms with Crippen LogP contribution in [0.5, 0.6) is 0 Å². The van der Waals surface area contributed by atoms with E-state index in [4.69, 9.17) is 0 Å². The van der Waals surface area contributed by atoms with Crippen molar-refractivity contribution in [1.82, 2.24) is 0 Å². The summed E-state index contributed by atoms with van der Waals surface area (Å²) in [5, 5.41) is 18.8. The summed E-state index contributed by atoms with van der Waals surface area (Å²) in [7, 11) is 0. The Hall–Kier alpha value is -0.340. The van der Waals surface area contributed by atoms with Crippen LogP contribution in [-0.4, -0.2) is 22.4 Å². The van der Waals surface area contributed by atoms with E-state index in [9.17, 15) is 10.2 Å². The van der Waals surface area contributed by atoms with Gasteiger partial charge in [0.1, 0.15) is 0 Å². The number of aliphatic hydroxyl groups is 2. The summed E-state index contributed by atoms with van der Waals surface area (Å²) in [5.41, 5.74) is -0.466. The molecule has 2 heteroatoms. The predicted octanol–water partition coefficient (Wildman–Crippen LogP) is 1.33. The van der Waals surface area contributed by atoms with Gasteiger partial charge in [-0.2, -0.15) is 0 Å². The molecule has 0 heterocycles. The zero-order valence-electron chi connectivity index (χ0n) is 7.70. The smallest absolute Gasteiger partial charge is 0.0796 e. The van der Waals surface area contributed by atoms with Crippen LogP contribution in [0.15, 0.2) is 12.2 Å². The summed E-state index contributed by atoms with van der Waals surface area (Å²) in [6, 6.07) is 0. The second-order valence-electron chi connectivity index (χ2n) is 3.47. The van der Waals surface area contributed by atoms with Crippen molar-refractivity contribution < 1.29 is 10.2 Å². The fraction of sp³-hybridized carbons (Fsp3) is 0.778. The first-order valence-electron chi connectivity index (χ1n) is 3.92. The van der Waals surface area contributed by atoms with Crippen molar-refractivity contribution >= 4 is 0 Å². The van der Waals surface area contributed by atoms with Crippen LogP contribution in [-0.2, 0) is 0 Å². The normalized spacial score (nSPS) is 18.7. The molecule has 0 aliphatic rings. The maximum atomic E-state index is 9.50. The van der Waals surface area contributed by atoms with Gasteiger partial charge in [0.25, 0.3) is 0 Å². The molecule has 0 spiro atoms. The molecule has 2 unspecified atom stereocenters. The Labute approximate surface area is 68.6 Å². The maximum absolute atomic E-state index is 9.50. The average molecular weight is 158 g/mol. The molecule has 0 fully saturated rings. The highest BCUT2D eigenvalue weighted by Crippen LogP contribution is 2.25. The van der Waals surface area contributed by atoms with Gasteiger partial charge in [0.15, 0.2) is 0 Å². The van der Waals surface area contributed by atoms with Crippen LogP contribution in [0.2, 0.25) is 0 Å². The highest BCUT2D eigenvalue weighted by Gasteiger charge is 2.30. The maximum Gasteiger partial charge on any atom is 0.0796 e. The SMILES string of the molecule is CC=CC(O)C(C)(C)C(C)O. The van der Waals surface area contributed by atoms with Gasteiger partial charge in [-0.3, -0.25) is 0 Å². The number of rotatable bonds is 3. The van der Waals surface area contributed by atoms with Crippen molar-refractivity contribution in [2.45, 2.75) is 39.9 Å². The van der Waals surface area contributed by atoms with E-state index in [0.717, 1.165) is 0 Å². The summed E-state index contributed by atoms with van der Waals surface area (Å²) in [4.78, 5) is 0. The van der Waals surface area contributed by atoms with Gasteiger partial charge < -0.3 is 10.2 Å². The molecule has 2 N–H and O–H groups in total. The molecule has 0 radical (unpaired) electrons. The molecule has 2 atom stereocenters. The highest BCUT2D eigenvalue weighted by molar-refractivity contribution is 4.96. The first-order chi connectivity index (χ1) is 4.92. The molecule has 0 aromatic rings. The molecule has 11 heavy (non-hydrogen) atoms. The zero-order valence-corrected chi connectivity index (χ0v) is 7.70. The number of hydrogen-bond donors (Lipinski definition) is 2. The van der Waals surface area contributed by atoms with Gasteiger partial charge in [-0.25, -0.2) is 0 Å². The van der Waals surface area contributed by atoms with E-state index >= 15 is 0 Å². The van der Waals surface area contributed by atoms with E-state index in [-0.39, 0.29) is 0 Å². The number of allylic oxidation sites excluding steroid dienone is 1. The lowest BCUT2D eigenvalue weighted by atomic mass is 9.81. The van der Waals surface area contributed by atoms with Gasteiger partial charge in [-0.05, 0) is 13.8 Å². The standard InChI is InChI=1S/C9H18O2/c1-5-6-8(11)9(3,4)7(2)10/h5-8,10-11H,1-4H3. The van der Waals surface area contributed by atoms with E-state index < -0.39 is 17.6 Å². The van der Waals surface area contributed by atoms with Crippen molar-refractivity contribution in [1.29, 1.82) is 0 Å². The van der Waals surface area contributed by atoms with Crippen LogP contribution in [0, 0.1) is 5.41 Å². The van der Waals surface area contributed by atoms with Crippen LogP contribution in [0.1, 0.15) is 27.7 Å². The molecule has 0 amide bonds. The summed E-state index contributed by atoms with van der Waals surface area (Å²) >= 11 is 0. The fourth-order valence-electron chi connectivity index (χ4n) is 0.677. The minimum Gasteiger partial charge on any atom is -0.393 e. The van der Waals surface area contributed by atoms with Gasteiger partial charge in [0, 0.05) is 5.41 Å². The molecule has 0 aromatic carbocycles. The van der Waals surface area contributed by atoms with Gasteiger partial charge in [-0.15, -0.1) is 0 Å². The average Bonchev–Trinajstić information content (AvgIpc) is 1.88. The van der Waals surface area contributed by atoms with Crippen molar-refractivity contribution in [3.63, 3.8) is 0 Å². The highest BCUT2D eigenvalue weighted by atomic mass is 16.3. The summed E-state index contributed by atoms with van der Waals surface area (Å²) < 4.78 is 0. The first kappa shape index (κ1) is 10.7. The second-order valence-corrected chi connectivity index (χ2v) is 3.47. The van der Waals surface area contributed by atoms with E-state index in [2.05, 4.69) is 0 Å². The largest absolute Gasteiger partial charge is 0.393 e. The Bertz CT molecular complexity index is 136. The van der Waals surface area contributed by atoms with Gasteiger partial charge >= 0.3 is 0 Å². The van der Waals surface area contributed by atoms with Crippen LogP contribution in [0.3, 0.4) is 0 Å². The Balaban J connectivity index is 4.28. The minimum atomic E-state index is -0.576. The van der Waals surface area contributed by atoms with Gasteiger partial charge in [0.2, 0.25) is 0 Å². The molecular formula is C9H18O2. The Morgan fingerprint density at radius 1 is 1.27 bits per heavy atom. The number of hydrogen-bond acceptors (Lipinski definition) is 2. The third-order valence-corrected chi connectivity index (χ3v) is 2.21. The van der Waals surface area contributed by atoms with E-state index in [1.807, 2.05) is 20.8 Å². The van der Waals surface area contributed by atoms with Crippen molar-refractivity contribution in [2.24, 2.45) is 5.41 Å². The third-order valence-electron chi connectivity index (χ3n) is 2.21. The Morgan fingerprint density at radius 3 is 2.00 bits per heavy atom. The lowest BCUT2D eigenvalue weighted by molar-refractivity contribution is -0.0152. The summed E-state index contributed by atoms with van der Waals surface area (Å²) in [6.45, 7) is 7.21. The van der Waals surface area contributed by atoms with E-state index in [1.165, 1.54) is 0 Å². The molecule has 0 aliphatic heterocycles. The van der Waals surface area contributed by atoms with E-state index in [0.29, 0.717) is 0 Å². The van der Waals surface area contributed by atoms with Crippen molar-refractivity contribution in [2.75, 3.05) is 0 Å². The quantitative estimate of drug-likeness (QED) is 0.608. The van der Waals surface area contributed by atoms with E-state index in [1.54, 1.807) is 19.1 Å². The molecular weight excluding hydrogens is 140 g/mol. The van der Waals surface area contributed by atoms with Crippen molar-refractivity contribution in [3.8, 4) is 0 Å². The van der Waals surface area contributed by atoms with Crippen molar-refractivity contribution in [3.05, 3.63) is 12.2 Å². The number of aliphatic hydroxyl groups excluding tert-OH is 2. The lowest BCUT2D eigenvalue weighted by Crippen LogP contribution is -2.37. The molecule has 2 nitrogen and oxygen atoms in total. The zero-order chi connectivity index (χ0) is 9.07. The third kappa shape index (κ3) is 2.64. The second kappa shape index (κ2) is 3.88. The van der Waals surface area contributed by atoms with Crippen LogP contribution in [0.4, 0.5) is 0 Å².